The number of nitrogens with zero attached hydrogens (tertiary/aromatic N) is 2. The molecule has 1 aromatic rings. The molecule has 0 radical (unpaired) electrons. The van der Waals surface area contributed by atoms with E-state index in [1.54, 1.807) is 10.9 Å². The first-order chi connectivity index (χ1) is 4.84. The van der Waals surface area contributed by atoms with Crippen LogP contribution in [0.1, 0.15) is 6.42 Å². The van der Waals surface area contributed by atoms with E-state index in [4.69, 9.17) is 0 Å². The predicted molar refractivity (Wildman–Crippen MR) is 40.6 cm³/mol. The summed E-state index contributed by atoms with van der Waals surface area (Å²) in [6, 6.07) is 1.84. The summed E-state index contributed by atoms with van der Waals surface area (Å²) in [6.07, 6.45) is 3.09. The first-order valence-electron chi connectivity index (χ1n) is 2.95. The molecule has 0 bridgehead atoms. The maximum absolute atomic E-state index is 9.95. The van der Waals surface area contributed by atoms with Gasteiger partial charge in [0.1, 0.15) is 10.9 Å². The maximum atomic E-state index is 9.95. The van der Waals surface area contributed by atoms with Crippen LogP contribution in [0.3, 0.4) is 0 Å². The van der Waals surface area contributed by atoms with Crippen molar-refractivity contribution in [1.82, 2.24) is 9.78 Å². The topological polar surface area (TPSA) is 34.9 Å². The zero-order valence-electron chi connectivity index (χ0n) is 5.33. The highest BCUT2D eigenvalue weighted by Crippen LogP contribution is 2.07. The second kappa shape index (κ2) is 3.51. The van der Waals surface area contributed by atoms with Gasteiger partial charge in [-0.25, -0.2) is 0 Å². The summed E-state index contributed by atoms with van der Waals surface area (Å²) in [7, 11) is 0. The Labute approximate surface area is 67.2 Å². The molecule has 0 aliphatic carbocycles. The number of carbonyl (C=O) groups is 1. The van der Waals surface area contributed by atoms with Crippen molar-refractivity contribution in [3.8, 4) is 0 Å². The molecule has 3 nitrogen and oxygen atoms in total. The second-order valence-electron chi connectivity index (χ2n) is 1.83. The first kappa shape index (κ1) is 7.47. The van der Waals surface area contributed by atoms with E-state index in [1.807, 2.05) is 6.07 Å². The van der Waals surface area contributed by atoms with Crippen LogP contribution in [0, 0.1) is 0 Å². The molecule has 0 saturated carbocycles. The summed E-state index contributed by atoms with van der Waals surface area (Å²) >= 11 is 3.28. The van der Waals surface area contributed by atoms with Crippen molar-refractivity contribution in [3.63, 3.8) is 0 Å². The van der Waals surface area contributed by atoms with Crippen molar-refractivity contribution < 1.29 is 4.79 Å². The monoisotopic (exact) mass is 202 g/mol. The SMILES string of the molecule is O=CCCn1nccc1Br. The van der Waals surface area contributed by atoms with Crippen LogP contribution in [0.15, 0.2) is 16.9 Å². The number of carbonyl (C=O) groups excluding carboxylic acids is 1. The molecule has 0 N–H and O–H groups in total. The van der Waals surface area contributed by atoms with Gasteiger partial charge < -0.3 is 4.79 Å². The highest BCUT2D eigenvalue weighted by atomic mass is 79.9. The van der Waals surface area contributed by atoms with Gasteiger partial charge >= 0.3 is 0 Å². The molecule has 0 atom stereocenters. The van der Waals surface area contributed by atoms with Crippen molar-refractivity contribution >= 4 is 22.2 Å². The lowest BCUT2D eigenvalue weighted by molar-refractivity contribution is -0.108. The van der Waals surface area contributed by atoms with Crippen molar-refractivity contribution in [2.75, 3.05) is 0 Å². The Morgan fingerprint density at radius 2 is 2.60 bits per heavy atom. The zero-order chi connectivity index (χ0) is 7.40. The molecule has 0 unspecified atom stereocenters. The Morgan fingerprint density at radius 3 is 3.10 bits per heavy atom. The summed E-state index contributed by atoms with van der Waals surface area (Å²) in [5.41, 5.74) is 0. The summed E-state index contributed by atoms with van der Waals surface area (Å²) in [5.74, 6) is 0. The van der Waals surface area contributed by atoms with Crippen molar-refractivity contribution in [2.45, 2.75) is 13.0 Å². The van der Waals surface area contributed by atoms with Crippen LogP contribution >= 0.6 is 15.9 Å². The zero-order valence-corrected chi connectivity index (χ0v) is 6.91. The average Bonchev–Trinajstić information content (AvgIpc) is 2.31. The molecule has 1 rings (SSSR count). The van der Waals surface area contributed by atoms with Gasteiger partial charge in [-0.2, -0.15) is 5.10 Å². The Kier molecular flexibility index (Phi) is 2.62. The number of hydrogen-bond donors (Lipinski definition) is 0. The smallest absolute Gasteiger partial charge is 0.121 e. The standard InChI is InChI=1S/C6H7BrN2O/c7-6-2-3-8-9(6)4-1-5-10/h2-3,5H,1,4H2. The van der Waals surface area contributed by atoms with Crippen molar-refractivity contribution in [2.24, 2.45) is 0 Å². The fraction of sp³-hybridized carbons (Fsp3) is 0.333. The van der Waals surface area contributed by atoms with Crippen LogP contribution in [0.5, 0.6) is 0 Å². The summed E-state index contributed by atoms with van der Waals surface area (Å²) in [6.45, 7) is 0.650. The van der Waals surface area contributed by atoms with Gasteiger partial charge in [0.2, 0.25) is 0 Å². The normalized spacial score (nSPS) is 9.70. The van der Waals surface area contributed by atoms with Crippen LogP contribution in [-0.2, 0) is 11.3 Å². The minimum Gasteiger partial charge on any atom is -0.303 e. The number of halogens is 1. The Balaban J connectivity index is 2.56. The molecule has 0 amide bonds. The van der Waals surface area contributed by atoms with Gasteiger partial charge in [0.15, 0.2) is 0 Å². The van der Waals surface area contributed by atoms with Crippen LogP contribution in [0.4, 0.5) is 0 Å². The molecular weight excluding hydrogens is 196 g/mol. The molecule has 1 heterocycles. The number of rotatable bonds is 3. The number of hydrogen-bond acceptors (Lipinski definition) is 2. The molecule has 0 saturated heterocycles. The van der Waals surface area contributed by atoms with E-state index < -0.39 is 0 Å². The highest BCUT2D eigenvalue weighted by Gasteiger charge is 1.95. The molecule has 0 aliphatic rings. The van der Waals surface area contributed by atoms with Crippen LogP contribution in [-0.4, -0.2) is 16.1 Å². The predicted octanol–water partition coefficient (Wildman–Crippen LogP) is 1.23. The molecule has 10 heavy (non-hydrogen) atoms. The molecule has 0 fully saturated rings. The summed E-state index contributed by atoms with van der Waals surface area (Å²) in [5, 5.41) is 3.96. The largest absolute Gasteiger partial charge is 0.303 e. The Hall–Kier alpha value is -0.640. The molecule has 1 aromatic heterocycles. The second-order valence-corrected chi connectivity index (χ2v) is 2.64. The van der Waals surface area contributed by atoms with Gasteiger partial charge in [-0.1, -0.05) is 0 Å². The fourth-order valence-electron chi connectivity index (χ4n) is 0.656. The first-order valence-corrected chi connectivity index (χ1v) is 3.75. The van der Waals surface area contributed by atoms with Crippen LogP contribution in [0.25, 0.3) is 0 Å². The third kappa shape index (κ3) is 1.67. The van der Waals surface area contributed by atoms with Crippen molar-refractivity contribution in [3.05, 3.63) is 16.9 Å². The third-order valence-corrected chi connectivity index (χ3v) is 1.80. The van der Waals surface area contributed by atoms with Gasteiger partial charge in [0, 0.05) is 13.0 Å². The highest BCUT2D eigenvalue weighted by molar-refractivity contribution is 9.10. The lowest BCUT2D eigenvalue weighted by atomic mass is 10.5. The number of aromatic nitrogens is 2. The van der Waals surface area contributed by atoms with E-state index >= 15 is 0 Å². The van der Waals surface area contributed by atoms with Gasteiger partial charge in [-0.3, -0.25) is 4.68 Å². The summed E-state index contributed by atoms with van der Waals surface area (Å²) < 4.78 is 2.64. The third-order valence-electron chi connectivity index (χ3n) is 1.12. The minimum atomic E-state index is 0.514. The van der Waals surface area contributed by atoms with E-state index in [-0.39, 0.29) is 0 Å². The van der Waals surface area contributed by atoms with Gasteiger partial charge in [-0.05, 0) is 22.0 Å². The minimum absolute atomic E-state index is 0.514. The van der Waals surface area contributed by atoms with E-state index in [9.17, 15) is 4.79 Å². The quantitative estimate of drug-likeness (QED) is 0.692. The molecular formula is C6H7BrN2O. The van der Waals surface area contributed by atoms with E-state index in [1.165, 1.54) is 0 Å². The van der Waals surface area contributed by atoms with E-state index in [0.717, 1.165) is 10.9 Å². The van der Waals surface area contributed by atoms with Crippen LogP contribution < -0.4 is 0 Å². The van der Waals surface area contributed by atoms with Gasteiger partial charge in [-0.15, -0.1) is 0 Å². The van der Waals surface area contributed by atoms with E-state index in [2.05, 4.69) is 21.0 Å². The lowest BCUT2D eigenvalue weighted by Gasteiger charge is -1.96. The molecule has 0 aliphatic heterocycles. The number of aryl methyl sites for hydroxylation is 1. The van der Waals surface area contributed by atoms with Crippen molar-refractivity contribution in [1.29, 1.82) is 0 Å². The average molecular weight is 203 g/mol. The number of aldehydes is 1. The fourth-order valence-corrected chi connectivity index (χ4v) is 1.04. The Bertz CT molecular complexity index is 221. The summed E-state index contributed by atoms with van der Waals surface area (Å²) in [4.78, 5) is 9.95. The van der Waals surface area contributed by atoms with Gasteiger partial charge in [0.05, 0.1) is 6.20 Å². The molecule has 0 spiro atoms. The maximum Gasteiger partial charge on any atom is 0.121 e. The van der Waals surface area contributed by atoms with Crippen LogP contribution in [0.2, 0.25) is 0 Å². The van der Waals surface area contributed by atoms with E-state index in [0.29, 0.717) is 13.0 Å². The van der Waals surface area contributed by atoms with Gasteiger partial charge in [0.25, 0.3) is 0 Å². The lowest BCUT2D eigenvalue weighted by Crippen LogP contribution is -1.99. The molecule has 54 valence electrons. The molecule has 4 heteroatoms. The Morgan fingerprint density at radius 1 is 1.80 bits per heavy atom. The molecule has 0 aromatic carbocycles.